The van der Waals surface area contributed by atoms with Crippen LogP contribution < -0.4 is 10.1 Å². The quantitative estimate of drug-likeness (QED) is 0.456. The number of carbonyl (C=O) groups is 2. The van der Waals surface area contributed by atoms with Gasteiger partial charge in [0.05, 0.1) is 25.0 Å². The molecule has 8 heteroatoms. The van der Waals surface area contributed by atoms with Crippen molar-refractivity contribution in [2.24, 2.45) is 5.92 Å². The van der Waals surface area contributed by atoms with Crippen molar-refractivity contribution in [3.05, 3.63) is 77.1 Å². The van der Waals surface area contributed by atoms with E-state index < -0.39 is 11.6 Å². The molecule has 2 saturated heterocycles. The lowest BCUT2D eigenvalue weighted by molar-refractivity contribution is -0.162. The van der Waals surface area contributed by atoms with Crippen molar-refractivity contribution in [1.82, 2.24) is 24.9 Å². The predicted octanol–water partition coefficient (Wildman–Crippen LogP) is 4.41. The number of methoxy groups -OCH3 is 1. The molecule has 2 amide bonds. The second-order valence-corrected chi connectivity index (χ2v) is 11.6. The van der Waals surface area contributed by atoms with Crippen LogP contribution in [0.1, 0.15) is 55.6 Å². The van der Waals surface area contributed by atoms with Gasteiger partial charge in [-0.2, -0.15) is 5.10 Å². The number of nitrogens with one attached hydrogen (secondary N) is 1. The van der Waals surface area contributed by atoms with E-state index in [2.05, 4.69) is 50.0 Å². The number of carbonyl (C=O) groups excluding carboxylic acids is 2. The maximum atomic E-state index is 13.9. The Hall–Kier alpha value is -3.65. The maximum Gasteiger partial charge on any atom is 0.246 e. The third kappa shape index (κ3) is 5.24. The van der Waals surface area contributed by atoms with E-state index >= 15 is 0 Å². The van der Waals surface area contributed by atoms with E-state index in [0.29, 0.717) is 44.8 Å². The Morgan fingerprint density at radius 1 is 1.00 bits per heavy atom. The molecule has 2 fully saturated rings. The first-order valence-corrected chi connectivity index (χ1v) is 14.3. The van der Waals surface area contributed by atoms with Gasteiger partial charge in [-0.3, -0.25) is 14.5 Å². The van der Waals surface area contributed by atoms with Crippen molar-refractivity contribution in [2.45, 2.75) is 71.6 Å². The zero-order chi connectivity index (χ0) is 28.4. The Morgan fingerprint density at radius 2 is 1.68 bits per heavy atom. The Bertz CT molecular complexity index is 1360. The standard InChI is InChI=1S/C32H41N5O3/c1-22(2)19-28-30(38)36(20-25-11-9-10-14-29(25)40-5)32(31(39)33-28)15-17-35(18-16-32)21-27-23(3)34-37(24(27)4)26-12-7-6-8-13-26/h6-14,22,28H,15-21H2,1-5H3,(H,33,39). The van der Waals surface area contributed by atoms with Crippen molar-refractivity contribution in [2.75, 3.05) is 20.2 Å². The molecule has 212 valence electrons. The largest absolute Gasteiger partial charge is 0.496 e. The van der Waals surface area contributed by atoms with Gasteiger partial charge in [0.1, 0.15) is 17.3 Å². The summed E-state index contributed by atoms with van der Waals surface area (Å²) in [5.41, 5.74) is 4.45. The normalized spacial score (nSPS) is 19.4. The lowest BCUT2D eigenvalue weighted by Crippen LogP contribution is -2.72. The first-order chi connectivity index (χ1) is 19.2. The molecule has 1 unspecified atom stereocenters. The number of rotatable bonds is 8. The smallest absolute Gasteiger partial charge is 0.246 e. The number of likely N-dealkylation sites (tertiary alicyclic amines) is 1. The summed E-state index contributed by atoms with van der Waals surface area (Å²) in [6.45, 7) is 10.9. The van der Waals surface area contributed by atoms with Gasteiger partial charge in [-0.1, -0.05) is 50.2 Å². The molecule has 0 saturated carbocycles. The highest BCUT2D eigenvalue weighted by Crippen LogP contribution is 2.37. The van der Waals surface area contributed by atoms with E-state index in [0.717, 1.165) is 34.9 Å². The number of hydrogen-bond donors (Lipinski definition) is 1. The Labute approximate surface area is 237 Å². The van der Waals surface area contributed by atoms with Gasteiger partial charge >= 0.3 is 0 Å². The fourth-order valence-electron chi connectivity index (χ4n) is 6.27. The van der Waals surface area contributed by atoms with Crippen LogP contribution in [0.15, 0.2) is 54.6 Å². The molecule has 5 rings (SSSR count). The van der Waals surface area contributed by atoms with Gasteiger partial charge in [0, 0.05) is 36.5 Å². The number of benzene rings is 2. The molecule has 2 aromatic carbocycles. The third-order valence-corrected chi connectivity index (χ3v) is 8.54. The lowest BCUT2D eigenvalue weighted by atomic mass is 9.80. The number of amides is 2. The zero-order valence-electron chi connectivity index (χ0n) is 24.3. The second-order valence-electron chi connectivity index (χ2n) is 11.6. The number of aryl methyl sites for hydroxylation is 1. The summed E-state index contributed by atoms with van der Waals surface area (Å²) in [7, 11) is 1.64. The molecule has 1 N–H and O–H groups in total. The summed E-state index contributed by atoms with van der Waals surface area (Å²) >= 11 is 0. The summed E-state index contributed by atoms with van der Waals surface area (Å²) in [6, 6.07) is 17.4. The van der Waals surface area contributed by atoms with Gasteiger partial charge in [-0.15, -0.1) is 0 Å². The fourth-order valence-corrected chi connectivity index (χ4v) is 6.27. The molecule has 40 heavy (non-hydrogen) atoms. The van der Waals surface area contributed by atoms with Crippen molar-refractivity contribution >= 4 is 11.8 Å². The average molecular weight is 544 g/mol. The zero-order valence-corrected chi connectivity index (χ0v) is 24.3. The molecule has 8 nitrogen and oxygen atoms in total. The Morgan fingerprint density at radius 3 is 2.35 bits per heavy atom. The van der Waals surface area contributed by atoms with Gasteiger partial charge in [-0.05, 0) is 57.2 Å². The second kappa shape index (κ2) is 11.5. The monoisotopic (exact) mass is 543 g/mol. The van der Waals surface area contributed by atoms with E-state index in [1.165, 1.54) is 5.56 Å². The Kier molecular flexibility index (Phi) is 7.99. The minimum atomic E-state index is -0.875. The summed E-state index contributed by atoms with van der Waals surface area (Å²) in [4.78, 5) is 32.0. The number of hydrogen-bond acceptors (Lipinski definition) is 5. The first-order valence-electron chi connectivity index (χ1n) is 14.3. The van der Waals surface area contributed by atoms with Gasteiger partial charge in [0.15, 0.2) is 0 Å². The number of para-hydroxylation sites is 2. The highest BCUT2D eigenvalue weighted by Gasteiger charge is 2.53. The molecular formula is C32H41N5O3. The number of nitrogens with zero attached hydrogens (tertiary/aromatic N) is 4. The van der Waals surface area contributed by atoms with Crippen LogP contribution in [0.3, 0.4) is 0 Å². The summed E-state index contributed by atoms with van der Waals surface area (Å²) in [6.07, 6.45) is 1.79. The highest BCUT2D eigenvalue weighted by atomic mass is 16.5. The minimum absolute atomic E-state index is 0.00322. The van der Waals surface area contributed by atoms with E-state index in [4.69, 9.17) is 9.84 Å². The van der Waals surface area contributed by atoms with Crippen LogP contribution in [-0.4, -0.2) is 63.2 Å². The van der Waals surface area contributed by atoms with Crippen molar-refractivity contribution in [3.8, 4) is 11.4 Å². The number of piperazine rings is 1. The van der Waals surface area contributed by atoms with Crippen molar-refractivity contribution in [1.29, 1.82) is 0 Å². The predicted molar refractivity (Wildman–Crippen MR) is 155 cm³/mol. The molecule has 0 radical (unpaired) electrons. The molecule has 1 aromatic heterocycles. The van der Waals surface area contributed by atoms with Crippen LogP contribution in [0.4, 0.5) is 0 Å². The Balaban J connectivity index is 1.38. The van der Waals surface area contributed by atoms with E-state index in [9.17, 15) is 9.59 Å². The van der Waals surface area contributed by atoms with Gasteiger partial charge < -0.3 is 15.0 Å². The van der Waals surface area contributed by atoms with Gasteiger partial charge in [-0.25, -0.2) is 4.68 Å². The average Bonchev–Trinajstić information content (AvgIpc) is 3.24. The van der Waals surface area contributed by atoms with E-state index in [1.54, 1.807) is 7.11 Å². The van der Waals surface area contributed by atoms with Crippen LogP contribution in [-0.2, 0) is 22.7 Å². The van der Waals surface area contributed by atoms with Crippen LogP contribution in [0.5, 0.6) is 5.75 Å². The SMILES string of the molecule is COc1ccccc1CN1C(=O)C(CC(C)C)NC(=O)C12CCN(Cc1c(C)nn(-c3ccccc3)c1C)CC2. The summed E-state index contributed by atoms with van der Waals surface area (Å²) < 4.78 is 7.61. The topological polar surface area (TPSA) is 79.7 Å². The first kappa shape index (κ1) is 27.9. The molecule has 1 spiro atoms. The summed E-state index contributed by atoms with van der Waals surface area (Å²) in [5, 5.41) is 7.93. The number of piperidine rings is 1. The van der Waals surface area contributed by atoms with Gasteiger partial charge in [0.2, 0.25) is 11.8 Å². The van der Waals surface area contributed by atoms with E-state index in [-0.39, 0.29) is 11.8 Å². The van der Waals surface area contributed by atoms with Gasteiger partial charge in [0.25, 0.3) is 0 Å². The van der Waals surface area contributed by atoms with Crippen LogP contribution in [0, 0.1) is 19.8 Å². The summed E-state index contributed by atoms with van der Waals surface area (Å²) in [5.74, 6) is 0.997. The molecule has 3 aromatic rings. The van der Waals surface area contributed by atoms with Crippen molar-refractivity contribution in [3.63, 3.8) is 0 Å². The van der Waals surface area contributed by atoms with Crippen LogP contribution in [0.2, 0.25) is 0 Å². The fraction of sp³-hybridized carbons (Fsp3) is 0.469. The molecular weight excluding hydrogens is 502 g/mol. The molecule has 1 atom stereocenters. The minimum Gasteiger partial charge on any atom is -0.496 e. The highest BCUT2D eigenvalue weighted by molar-refractivity contribution is 6.00. The molecule has 3 heterocycles. The number of ether oxygens (including phenoxy) is 1. The third-order valence-electron chi connectivity index (χ3n) is 8.54. The molecule has 2 aliphatic rings. The van der Waals surface area contributed by atoms with Crippen molar-refractivity contribution < 1.29 is 14.3 Å². The van der Waals surface area contributed by atoms with Crippen LogP contribution in [0.25, 0.3) is 5.69 Å². The maximum absolute atomic E-state index is 13.9. The number of aromatic nitrogens is 2. The molecule has 0 aliphatic carbocycles. The molecule has 0 bridgehead atoms. The van der Waals surface area contributed by atoms with E-state index in [1.807, 2.05) is 52.0 Å². The molecule has 2 aliphatic heterocycles. The van der Waals surface area contributed by atoms with Crippen LogP contribution >= 0.6 is 0 Å². The lowest BCUT2D eigenvalue weighted by Gasteiger charge is -2.52.